The molecule has 2 aromatic heterocycles. The van der Waals surface area contributed by atoms with Crippen LogP contribution in [0, 0.1) is 0 Å². The van der Waals surface area contributed by atoms with Crippen molar-refractivity contribution in [2.45, 2.75) is 25.3 Å². The lowest BCUT2D eigenvalue weighted by molar-refractivity contribution is -0.120. The van der Waals surface area contributed by atoms with Gasteiger partial charge in [-0.15, -0.1) is 0 Å². The number of likely N-dealkylation sites (tertiary alicyclic amines) is 1. The van der Waals surface area contributed by atoms with E-state index in [9.17, 15) is 9.59 Å². The van der Waals surface area contributed by atoms with E-state index in [2.05, 4.69) is 32.4 Å². The summed E-state index contributed by atoms with van der Waals surface area (Å²) in [6, 6.07) is 13.7. The van der Waals surface area contributed by atoms with Gasteiger partial charge < -0.3 is 10.2 Å². The predicted octanol–water partition coefficient (Wildman–Crippen LogP) is 2.67. The van der Waals surface area contributed by atoms with Crippen LogP contribution in [0.25, 0.3) is 11.4 Å². The monoisotopic (exact) mass is 401 g/mol. The van der Waals surface area contributed by atoms with E-state index in [1.807, 2.05) is 30.3 Å². The van der Waals surface area contributed by atoms with Crippen LogP contribution >= 0.6 is 0 Å². The van der Waals surface area contributed by atoms with Gasteiger partial charge in [-0.2, -0.15) is 0 Å². The number of hydrogen-bond donors (Lipinski definition) is 1. The summed E-state index contributed by atoms with van der Waals surface area (Å²) in [6.07, 6.45) is 7.24. The number of carbonyl (C=O) groups is 2. The maximum atomic E-state index is 13.0. The van der Waals surface area contributed by atoms with Gasteiger partial charge in [0.2, 0.25) is 5.91 Å². The van der Waals surface area contributed by atoms with Gasteiger partial charge in [-0.1, -0.05) is 30.3 Å². The number of amides is 2. The Morgan fingerprint density at radius 2 is 1.80 bits per heavy atom. The van der Waals surface area contributed by atoms with Gasteiger partial charge in [0, 0.05) is 56.3 Å². The summed E-state index contributed by atoms with van der Waals surface area (Å²) in [4.78, 5) is 39.3. The maximum Gasteiger partial charge on any atom is 0.257 e. The van der Waals surface area contributed by atoms with Gasteiger partial charge in [0.05, 0.1) is 11.6 Å². The SMILES string of the molecule is CC(=O)N[C@H]1CN(C(=O)c2cnc(-c3cccnc3)nc2)CC[C@H]1c1ccccc1. The van der Waals surface area contributed by atoms with Gasteiger partial charge >= 0.3 is 0 Å². The summed E-state index contributed by atoms with van der Waals surface area (Å²) < 4.78 is 0. The Kier molecular flexibility index (Phi) is 5.79. The molecule has 0 saturated carbocycles. The first-order valence-electron chi connectivity index (χ1n) is 9.95. The molecule has 1 aliphatic heterocycles. The molecule has 1 fully saturated rings. The lowest BCUT2D eigenvalue weighted by Crippen LogP contribution is -2.52. The minimum absolute atomic E-state index is 0.0978. The first kappa shape index (κ1) is 19.7. The molecule has 1 N–H and O–H groups in total. The third kappa shape index (κ3) is 4.35. The molecule has 0 aliphatic carbocycles. The number of aromatic nitrogens is 3. The van der Waals surface area contributed by atoms with Crippen molar-refractivity contribution in [2.75, 3.05) is 13.1 Å². The first-order chi connectivity index (χ1) is 14.6. The summed E-state index contributed by atoms with van der Waals surface area (Å²) in [7, 11) is 0. The molecule has 7 nitrogen and oxygen atoms in total. The first-order valence-corrected chi connectivity index (χ1v) is 9.95. The number of nitrogens with zero attached hydrogens (tertiary/aromatic N) is 4. The van der Waals surface area contributed by atoms with Crippen LogP contribution in [-0.2, 0) is 4.79 Å². The fourth-order valence-corrected chi connectivity index (χ4v) is 3.91. The van der Waals surface area contributed by atoms with Crippen molar-refractivity contribution >= 4 is 11.8 Å². The average molecular weight is 401 g/mol. The molecule has 30 heavy (non-hydrogen) atoms. The molecular weight excluding hydrogens is 378 g/mol. The highest BCUT2D eigenvalue weighted by Crippen LogP contribution is 2.29. The van der Waals surface area contributed by atoms with Crippen LogP contribution in [0.2, 0.25) is 0 Å². The molecule has 2 atom stereocenters. The molecule has 3 aromatic rings. The van der Waals surface area contributed by atoms with Gasteiger partial charge in [0.25, 0.3) is 5.91 Å². The van der Waals surface area contributed by atoms with Crippen LogP contribution in [0.5, 0.6) is 0 Å². The van der Waals surface area contributed by atoms with Crippen molar-refractivity contribution < 1.29 is 9.59 Å². The number of rotatable bonds is 4. The van der Waals surface area contributed by atoms with Crippen molar-refractivity contribution in [1.82, 2.24) is 25.2 Å². The Bertz CT molecular complexity index is 1010. The number of nitrogens with one attached hydrogen (secondary N) is 1. The fraction of sp³-hybridized carbons (Fsp3) is 0.261. The van der Waals surface area contributed by atoms with E-state index in [1.165, 1.54) is 12.5 Å². The molecule has 0 unspecified atom stereocenters. The highest BCUT2D eigenvalue weighted by molar-refractivity contribution is 5.94. The molecule has 1 aliphatic rings. The third-order valence-corrected chi connectivity index (χ3v) is 5.33. The lowest BCUT2D eigenvalue weighted by atomic mass is 9.85. The van der Waals surface area contributed by atoms with Gasteiger partial charge in [0.1, 0.15) is 0 Å². The average Bonchev–Trinajstić information content (AvgIpc) is 2.79. The highest BCUT2D eigenvalue weighted by Gasteiger charge is 2.33. The zero-order chi connectivity index (χ0) is 20.9. The number of benzene rings is 1. The topological polar surface area (TPSA) is 88.1 Å². The van der Waals surface area contributed by atoms with E-state index in [1.54, 1.807) is 29.7 Å². The molecule has 0 radical (unpaired) electrons. The van der Waals surface area contributed by atoms with Crippen LogP contribution in [0.4, 0.5) is 0 Å². The minimum atomic E-state index is -0.141. The van der Waals surface area contributed by atoms with Crippen LogP contribution in [0.1, 0.15) is 35.2 Å². The van der Waals surface area contributed by atoms with Gasteiger partial charge in [-0.25, -0.2) is 9.97 Å². The smallest absolute Gasteiger partial charge is 0.257 e. The number of piperidine rings is 1. The van der Waals surface area contributed by atoms with Crippen molar-refractivity contribution in [1.29, 1.82) is 0 Å². The van der Waals surface area contributed by atoms with Crippen molar-refractivity contribution in [3.8, 4) is 11.4 Å². The zero-order valence-electron chi connectivity index (χ0n) is 16.7. The maximum absolute atomic E-state index is 13.0. The van der Waals surface area contributed by atoms with E-state index < -0.39 is 0 Å². The van der Waals surface area contributed by atoms with Gasteiger partial charge in [-0.3, -0.25) is 14.6 Å². The van der Waals surface area contributed by atoms with Crippen molar-refractivity contribution in [3.05, 3.63) is 78.4 Å². The van der Waals surface area contributed by atoms with E-state index >= 15 is 0 Å². The second kappa shape index (κ2) is 8.82. The molecule has 7 heteroatoms. The molecule has 1 saturated heterocycles. The Morgan fingerprint density at radius 1 is 1.03 bits per heavy atom. The van der Waals surface area contributed by atoms with Gasteiger partial charge in [-0.05, 0) is 24.1 Å². The van der Waals surface area contributed by atoms with Gasteiger partial charge in [0.15, 0.2) is 5.82 Å². The molecule has 152 valence electrons. The summed E-state index contributed by atoms with van der Waals surface area (Å²) >= 11 is 0. The molecule has 0 bridgehead atoms. The summed E-state index contributed by atoms with van der Waals surface area (Å²) in [5, 5.41) is 3.03. The Hall–Kier alpha value is -3.61. The molecule has 2 amide bonds. The Balaban J connectivity index is 1.50. The van der Waals surface area contributed by atoms with Crippen molar-refractivity contribution in [2.24, 2.45) is 0 Å². The highest BCUT2D eigenvalue weighted by atomic mass is 16.2. The molecule has 0 spiro atoms. The second-order valence-corrected chi connectivity index (χ2v) is 7.40. The Morgan fingerprint density at radius 3 is 2.47 bits per heavy atom. The number of carbonyl (C=O) groups excluding carboxylic acids is 2. The van der Waals surface area contributed by atoms with Crippen LogP contribution in [0.15, 0.2) is 67.3 Å². The van der Waals surface area contributed by atoms with E-state index in [0.717, 1.165) is 12.0 Å². The Labute approximate surface area is 175 Å². The number of pyridine rings is 1. The molecular formula is C23H23N5O2. The van der Waals surface area contributed by atoms with Crippen LogP contribution in [-0.4, -0.2) is 50.8 Å². The largest absolute Gasteiger partial charge is 0.351 e. The molecule has 1 aromatic carbocycles. The van der Waals surface area contributed by atoms with E-state index in [0.29, 0.717) is 24.5 Å². The summed E-state index contributed by atoms with van der Waals surface area (Å²) in [5.74, 6) is 0.468. The lowest BCUT2D eigenvalue weighted by Gasteiger charge is -2.39. The predicted molar refractivity (Wildman–Crippen MR) is 113 cm³/mol. The second-order valence-electron chi connectivity index (χ2n) is 7.40. The standard InChI is InChI=1S/C23H23N5O2/c1-16(29)27-21-15-28(11-9-20(21)17-6-3-2-4-7-17)23(30)19-13-25-22(26-14-19)18-8-5-10-24-12-18/h2-8,10,12-14,20-21H,9,11,15H2,1H3,(H,27,29)/t20-,21-/m0/s1. The fourth-order valence-electron chi connectivity index (χ4n) is 3.91. The minimum Gasteiger partial charge on any atom is -0.351 e. The third-order valence-electron chi connectivity index (χ3n) is 5.33. The number of hydrogen-bond acceptors (Lipinski definition) is 5. The van der Waals surface area contributed by atoms with E-state index in [4.69, 9.17) is 0 Å². The quantitative estimate of drug-likeness (QED) is 0.726. The molecule has 4 rings (SSSR count). The zero-order valence-corrected chi connectivity index (χ0v) is 16.7. The van der Waals surface area contributed by atoms with Crippen LogP contribution in [0.3, 0.4) is 0 Å². The summed E-state index contributed by atoms with van der Waals surface area (Å²) in [5.41, 5.74) is 2.40. The van der Waals surface area contributed by atoms with Crippen LogP contribution < -0.4 is 5.32 Å². The van der Waals surface area contributed by atoms with Crippen molar-refractivity contribution in [3.63, 3.8) is 0 Å². The normalized spacial score (nSPS) is 18.6. The summed E-state index contributed by atoms with van der Waals surface area (Å²) in [6.45, 7) is 2.56. The molecule has 3 heterocycles. The van der Waals surface area contributed by atoms with E-state index in [-0.39, 0.29) is 23.8 Å².